The van der Waals surface area contributed by atoms with E-state index < -0.39 is 0 Å². The van der Waals surface area contributed by atoms with Gasteiger partial charge in [0.05, 0.1) is 17.7 Å². The minimum Gasteiger partial charge on any atom is -0.469 e. The molecule has 60 valence electrons. The van der Waals surface area contributed by atoms with Gasteiger partial charge < -0.3 is 4.42 Å². The fourth-order valence-electron chi connectivity index (χ4n) is 1.06. The number of ketones is 1. The molecule has 0 amide bonds. The number of halogens is 1. The molecule has 1 heterocycles. The highest BCUT2D eigenvalue weighted by molar-refractivity contribution is 6.30. The monoisotopic (exact) mass is 172 g/mol. The highest BCUT2D eigenvalue weighted by Gasteiger charge is 2.13. The van der Waals surface area contributed by atoms with Crippen LogP contribution >= 0.6 is 11.6 Å². The predicted octanol–water partition coefficient (Wildman–Crippen LogP) is 2.32. The van der Waals surface area contributed by atoms with Gasteiger partial charge in [0.15, 0.2) is 5.78 Å². The van der Waals surface area contributed by atoms with Gasteiger partial charge in [-0.15, -0.1) is 11.6 Å². The molecular weight excluding hydrogens is 164 g/mol. The van der Waals surface area contributed by atoms with Crippen molar-refractivity contribution >= 4 is 17.4 Å². The Kier molecular flexibility index (Phi) is 2.35. The highest BCUT2D eigenvalue weighted by Crippen LogP contribution is 2.16. The molecule has 0 fully saturated rings. The van der Waals surface area contributed by atoms with Crippen molar-refractivity contribution in [1.29, 1.82) is 0 Å². The van der Waals surface area contributed by atoms with E-state index in [0.717, 1.165) is 5.56 Å². The van der Waals surface area contributed by atoms with E-state index in [1.165, 1.54) is 0 Å². The molecular formula is C8H9ClO2. The largest absolute Gasteiger partial charge is 0.469 e. The Bertz CT molecular complexity index is 256. The fourth-order valence-corrected chi connectivity index (χ4v) is 1.19. The third kappa shape index (κ3) is 1.46. The Morgan fingerprint density at radius 2 is 2.27 bits per heavy atom. The number of Topliss-reactive ketones (excluding diaryl/α,β-unsaturated/α-hetero) is 1. The summed E-state index contributed by atoms with van der Waals surface area (Å²) in [7, 11) is 0. The second-order valence-corrected chi connectivity index (χ2v) is 2.67. The average molecular weight is 173 g/mol. The first kappa shape index (κ1) is 8.34. The van der Waals surface area contributed by atoms with Crippen molar-refractivity contribution in [3.8, 4) is 0 Å². The van der Waals surface area contributed by atoms with Crippen LogP contribution in [-0.4, -0.2) is 11.7 Å². The number of carbonyl (C=O) groups is 1. The van der Waals surface area contributed by atoms with Gasteiger partial charge in [-0.2, -0.15) is 0 Å². The third-order valence-corrected chi connectivity index (χ3v) is 1.80. The number of aryl methyl sites for hydroxylation is 2. The van der Waals surface area contributed by atoms with Gasteiger partial charge >= 0.3 is 0 Å². The van der Waals surface area contributed by atoms with Crippen LogP contribution in [0.25, 0.3) is 0 Å². The summed E-state index contributed by atoms with van der Waals surface area (Å²) < 4.78 is 5.04. The topological polar surface area (TPSA) is 30.2 Å². The average Bonchev–Trinajstić information content (AvgIpc) is 2.30. The van der Waals surface area contributed by atoms with Crippen molar-refractivity contribution in [2.45, 2.75) is 13.8 Å². The molecule has 0 aliphatic carbocycles. The Hall–Kier alpha value is -0.760. The van der Waals surface area contributed by atoms with Crippen molar-refractivity contribution in [2.75, 3.05) is 5.88 Å². The second-order valence-electron chi connectivity index (χ2n) is 2.41. The summed E-state index contributed by atoms with van der Waals surface area (Å²) >= 11 is 5.40. The van der Waals surface area contributed by atoms with Gasteiger partial charge in [-0.05, 0) is 19.4 Å². The molecule has 0 radical (unpaired) electrons. The minimum absolute atomic E-state index is 0.0151. The number of rotatable bonds is 2. The van der Waals surface area contributed by atoms with E-state index in [0.29, 0.717) is 11.3 Å². The lowest BCUT2D eigenvalue weighted by atomic mass is 10.1. The van der Waals surface area contributed by atoms with Crippen LogP contribution in [0.1, 0.15) is 21.7 Å². The van der Waals surface area contributed by atoms with Crippen LogP contribution in [0.4, 0.5) is 0 Å². The van der Waals surface area contributed by atoms with Gasteiger partial charge in [0.25, 0.3) is 0 Å². The third-order valence-electron chi connectivity index (χ3n) is 1.56. The lowest BCUT2D eigenvalue weighted by Crippen LogP contribution is -2.01. The number of alkyl halides is 1. The predicted molar refractivity (Wildman–Crippen MR) is 43.2 cm³/mol. The SMILES string of the molecule is Cc1coc(C)c1C(=O)CCl. The molecule has 11 heavy (non-hydrogen) atoms. The molecule has 1 aromatic heterocycles. The van der Waals surface area contributed by atoms with Crippen LogP contribution in [-0.2, 0) is 0 Å². The summed E-state index contributed by atoms with van der Waals surface area (Å²) in [5.74, 6) is 0.588. The molecule has 0 saturated carbocycles. The van der Waals surface area contributed by atoms with E-state index in [-0.39, 0.29) is 11.7 Å². The quantitative estimate of drug-likeness (QED) is 0.506. The Morgan fingerprint density at radius 3 is 2.64 bits per heavy atom. The zero-order chi connectivity index (χ0) is 8.43. The van der Waals surface area contributed by atoms with Crippen molar-refractivity contribution in [1.82, 2.24) is 0 Å². The first-order valence-corrected chi connectivity index (χ1v) is 3.84. The molecule has 0 unspecified atom stereocenters. The molecule has 0 aliphatic heterocycles. The zero-order valence-corrected chi connectivity index (χ0v) is 7.23. The molecule has 0 saturated heterocycles. The highest BCUT2D eigenvalue weighted by atomic mass is 35.5. The summed E-state index contributed by atoms with van der Waals surface area (Å²) in [5.41, 5.74) is 1.48. The molecule has 1 rings (SSSR count). The molecule has 0 N–H and O–H groups in total. The van der Waals surface area contributed by atoms with Crippen LogP contribution in [0.2, 0.25) is 0 Å². The van der Waals surface area contributed by atoms with Gasteiger partial charge in [-0.1, -0.05) is 0 Å². The molecule has 0 atom stereocenters. The maximum atomic E-state index is 11.1. The summed E-state index contributed by atoms with van der Waals surface area (Å²) in [4.78, 5) is 11.1. The molecule has 0 aliphatic rings. The second kappa shape index (κ2) is 3.09. The summed E-state index contributed by atoms with van der Waals surface area (Å²) in [6.07, 6.45) is 1.56. The van der Waals surface area contributed by atoms with Crippen LogP contribution < -0.4 is 0 Å². The van der Waals surface area contributed by atoms with E-state index in [1.54, 1.807) is 13.2 Å². The minimum atomic E-state index is -0.0737. The summed E-state index contributed by atoms with van der Waals surface area (Å²) in [6, 6.07) is 0. The molecule has 1 aromatic rings. The van der Waals surface area contributed by atoms with E-state index >= 15 is 0 Å². The normalized spacial score (nSPS) is 10.1. The van der Waals surface area contributed by atoms with Crippen molar-refractivity contribution in [2.24, 2.45) is 0 Å². The van der Waals surface area contributed by atoms with E-state index in [4.69, 9.17) is 16.0 Å². The maximum absolute atomic E-state index is 11.1. The van der Waals surface area contributed by atoms with E-state index in [1.807, 2.05) is 6.92 Å². The van der Waals surface area contributed by atoms with Gasteiger partial charge in [-0.3, -0.25) is 4.79 Å². The Balaban J connectivity index is 3.10. The van der Waals surface area contributed by atoms with Gasteiger partial charge in [-0.25, -0.2) is 0 Å². The standard InChI is InChI=1S/C8H9ClO2/c1-5-4-11-6(2)8(5)7(10)3-9/h4H,3H2,1-2H3. The summed E-state index contributed by atoms with van der Waals surface area (Å²) in [5, 5.41) is 0. The van der Waals surface area contributed by atoms with Crippen molar-refractivity contribution in [3.05, 3.63) is 23.2 Å². The maximum Gasteiger partial charge on any atom is 0.181 e. The van der Waals surface area contributed by atoms with Gasteiger partial charge in [0.2, 0.25) is 0 Å². The lowest BCUT2D eigenvalue weighted by molar-refractivity contribution is 0.101. The fraction of sp³-hybridized carbons (Fsp3) is 0.375. The molecule has 2 nitrogen and oxygen atoms in total. The van der Waals surface area contributed by atoms with Crippen LogP contribution in [0.3, 0.4) is 0 Å². The lowest BCUT2D eigenvalue weighted by Gasteiger charge is -1.93. The first-order chi connectivity index (χ1) is 5.16. The summed E-state index contributed by atoms with van der Waals surface area (Å²) in [6.45, 7) is 3.59. The number of hydrogen-bond donors (Lipinski definition) is 0. The van der Waals surface area contributed by atoms with E-state index in [2.05, 4.69) is 0 Å². The van der Waals surface area contributed by atoms with Crippen LogP contribution in [0, 0.1) is 13.8 Å². The number of hydrogen-bond acceptors (Lipinski definition) is 2. The number of furan rings is 1. The van der Waals surface area contributed by atoms with E-state index in [9.17, 15) is 4.79 Å². The van der Waals surface area contributed by atoms with Crippen molar-refractivity contribution < 1.29 is 9.21 Å². The number of carbonyl (C=O) groups excluding carboxylic acids is 1. The molecule has 3 heteroatoms. The first-order valence-electron chi connectivity index (χ1n) is 3.30. The van der Waals surface area contributed by atoms with Gasteiger partial charge in [0.1, 0.15) is 5.76 Å². The van der Waals surface area contributed by atoms with Gasteiger partial charge in [0, 0.05) is 0 Å². The Labute approximate surface area is 70.2 Å². The van der Waals surface area contributed by atoms with Crippen LogP contribution in [0.15, 0.2) is 10.7 Å². The molecule has 0 bridgehead atoms. The smallest absolute Gasteiger partial charge is 0.181 e. The Morgan fingerprint density at radius 1 is 1.64 bits per heavy atom. The van der Waals surface area contributed by atoms with Crippen LogP contribution in [0.5, 0.6) is 0 Å². The van der Waals surface area contributed by atoms with Crippen molar-refractivity contribution in [3.63, 3.8) is 0 Å². The molecule has 0 spiro atoms. The zero-order valence-electron chi connectivity index (χ0n) is 6.48. The molecule has 0 aromatic carbocycles.